The van der Waals surface area contributed by atoms with Crippen molar-refractivity contribution in [3.63, 3.8) is 0 Å². The Hall–Kier alpha value is -4.08. The Kier molecular flexibility index (Phi) is 7.95. The highest BCUT2D eigenvalue weighted by Crippen LogP contribution is 2.46. The van der Waals surface area contributed by atoms with Gasteiger partial charge in [-0.15, -0.1) is 0 Å². The molecular weight excluding hydrogens is 508 g/mol. The molecule has 3 aromatic rings. The molecule has 40 heavy (non-hydrogen) atoms. The van der Waals surface area contributed by atoms with Crippen molar-refractivity contribution in [1.29, 1.82) is 0 Å². The van der Waals surface area contributed by atoms with E-state index in [0.29, 0.717) is 24.0 Å². The number of hydrogen-bond donors (Lipinski definition) is 0. The molecule has 1 saturated heterocycles. The predicted molar refractivity (Wildman–Crippen MR) is 150 cm³/mol. The second-order valence-electron chi connectivity index (χ2n) is 11.5. The van der Waals surface area contributed by atoms with Crippen molar-refractivity contribution in [2.24, 2.45) is 5.92 Å². The molecule has 2 aliphatic rings. The van der Waals surface area contributed by atoms with Crippen molar-refractivity contribution in [3.05, 3.63) is 66.5 Å². The first-order valence-corrected chi connectivity index (χ1v) is 13.7. The number of methoxy groups -OCH3 is 1. The van der Waals surface area contributed by atoms with Crippen LogP contribution in [-0.4, -0.2) is 75.3 Å². The lowest BCUT2D eigenvalue weighted by atomic mass is 9.96. The number of ether oxygens (including phenoxy) is 2. The quantitative estimate of drug-likeness (QED) is 0.390. The normalized spacial score (nSPS) is 19.1. The molecule has 2 unspecified atom stereocenters. The third-order valence-corrected chi connectivity index (χ3v) is 7.43. The van der Waals surface area contributed by atoms with Crippen molar-refractivity contribution in [1.82, 2.24) is 24.8 Å². The summed E-state index contributed by atoms with van der Waals surface area (Å²) in [5, 5.41) is 0. The summed E-state index contributed by atoms with van der Waals surface area (Å²) in [5.74, 6) is 0.783. The molecule has 0 spiro atoms. The Balaban J connectivity index is 1.22. The van der Waals surface area contributed by atoms with Crippen LogP contribution in [0.2, 0.25) is 0 Å². The molecular formula is C30H36N6O4. The van der Waals surface area contributed by atoms with Gasteiger partial charge in [0.25, 0.3) is 0 Å². The van der Waals surface area contributed by atoms with Crippen LogP contribution in [0.5, 0.6) is 0 Å². The molecule has 5 rings (SSSR count). The number of hydrogen-bond acceptors (Lipinski definition) is 9. The number of carbonyl (C=O) groups excluding carboxylic acids is 2. The Labute approximate surface area is 234 Å². The fourth-order valence-electron chi connectivity index (χ4n) is 5.22. The van der Waals surface area contributed by atoms with Gasteiger partial charge in [0.15, 0.2) is 0 Å². The summed E-state index contributed by atoms with van der Waals surface area (Å²) >= 11 is 0. The SMILES string of the molecule is COC(=O)c1cnc(N2CCC(CN(C(=O)OC(C)(C)C)C3CC3c3ccc(-c4cncnc4)cc3)CC2)nc1. The van der Waals surface area contributed by atoms with Crippen LogP contribution < -0.4 is 4.90 Å². The van der Waals surface area contributed by atoms with E-state index in [9.17, 15) is 9.59 Å². The maximum atomic E-state index is 13.3. The molecule has 3 heterocycles. The summed E-state index contributed by atoms with van der Waals surface area (Å²) in [5.41, 5.74) is 3.04. The van der Waals surface area contributed by atoms with E-state index in [1.54, 1.807) is 12.4 Å². The maximum absolute atomic E-state index is 13.3. The zero-order valence-corrected chi connectivity index (χ0v) is 23.5. The van der Waals surface area contributed by atoms with Crippen LogP contribution in [-0.2, 0) is 9.47 Å². The highest BCUT2D eigenvalue weighted by atomic mass is 16.6. The first-order chi connectivity index (χ1) is 19.2. The molecule has 0 radical (unpaired) electrons. The highest BCUT2D eigenvalue weighted by Gasteiger charge is 2.46. The minimum absolute atomic E-state index is 0.119. The molecule has 1 aliphatic heterocycles. The van der Waals surface area contributed by atoms with Gasteiger partial charge in [-0.2, -0.15) is 0 Å². The van der Waals surface area contributed by atoms with Crippen LogP contribution in [0.1, 0.15) is 61.9 Å². The fourth-order valence-corrected chi connectivity index (χ4v) is 5.22. The Morgan fingerprint density at radius 1 is 0.975 bits per heavy atom. The lowest BCUT2D eigenvalue weighted by molar-refractivity contribution is 0.0190. The minimum atomic E-state index is -0.559. The van der Waals surface area contributed by atoms with Crippen molar-refractivity contribution in [3.8, 4) is 11.1 Å². The van der Waals surface area contributed by atoms with Gasteiger partial charge >= 0.3 is 12.1 Å². The number of carbonyl (C=O) groups is 2. The molecule has 0 bridgehead atoms. The summed E-state index contributed by atoms with van der Waals surface area (Å²) in [6, 6.07) is 8.59. The van der Waals surface area contributed by atoms with Gasteiger partial charge in [-0.05, 0) is 57.1 Å². The van der Waals surface area contributed by atoms with Gasteiger partial charge in [-0.3, -0.25) is 0 Å². The monoisotopic (exact) mass is 544 g/mol. The lowest BCUT2D eigenvalue weighted by Crippen LogP contribution is -2.44. The van der Waals surface area contributed by atoms with Crippen molar-refractivity contribution in [2.75, 3.05) is 31.6 Å². The van der Waals surface area contributed by atoms with E-state index in [1.165, 1.54) is 31.4 Å². The standard InChI is InChI=1S/C30H36N6O4/c1-30(2,3)40-29(38)36(26-13-25(26)22-7-5-21(6-8-22)23-14-31-19-32-15-23)18-20-9-11-35(12-10-20)28-33-16-24(17-34-28)27(37)39-4/h5-8,14-17,19-20,25-26H,9-13,18H2,1-4H3. The molecule has 210 valence electrons. The smallest absolute Gasteiger partial charge is 0.410 e. The summed E-state index contributed by atoms with van der Waals surface area (Å²) in [6.45, 7) is 7.94. The minimum Gasteiger partial charge on any atom is -0.465 e. The van der Waals surface area contributed by atoms with Gasteiger partial charge in [0.2, 0.25) is 5.95 Å². The van der Waals surface area contributed by atoms with Crippen LogP contribution in [0.15, 0.2) is 55.4 Å². The molecule has 1 saturated carbocycles. The average molecular weight is 545 g/mol. The number of anilines is 1. The summed E-state index contributed by atoms with van der Waals surface area (Å²) in [6.07, 6.45) is 10.6. The van der Waals surface area contributed by atoms with E-state index >= 15 is 0 Å². The number of nitrogens with zero attached hydrogens (tertiary/aromatic N) is 6. The first-order valence-electron chi connectivity index (χ1n) is 13.7. The van der Waals surface area contributed by atoms with Gasteiger partial charge in [0.05, 0.1) is 12.7 Å². The zero-order valence-electron chi connectivity index (χ0n) is 23.5. The molecule has 0 N–H and O–H groups in total. The summed E-state index contributed by atoms with van der Waals surface area (Å²) in [4.78, 5) is 46.0. The number of esters is 1. The van der Waals surface area contributed by atoms with Crippen LogP contribution >= 0.6 is 0 Å². The number of rotatable bonds is 7. The van der Waals surface area contributed by atoms with Gasteiger partial charge in [0, 0.05) is 61.9 Å². The van der Waals surface area contributed by atoms with E-state index in [1.807, 2.05) is 25.7 Å². The zero-order chi connectivity index (χ0) is 28.3. The first kappa shape index (κ1) is 27.5. The third kappa shape index (κ3) is 6.55. The third-order valence-electron chi connectivity index (χ3n) is 7.43. The molecule has 2 aromatic heterocycles. The van der Waals surface area contributed by atoms with Gasteiger partial charge in [-0.25, -0.2) is 29.5 Å². The molecule has 1 aromatic carbocycles. The highest BCUT2D eigenvalue weighted by molar-refractivity contribution is 5.88. The van der Waals surface area contributed by atoms with Crippen molar-refractivity contribution < 1.29 is 19.1 Å². The van der Waals surface area contributed by atoms with E-state index < -0.39 is 11.6 Å². The Morgan fingerprint density at radius 2 is 1.62 bits per heavy atom. The fraction of sp³-hybridized carbons (Fsp3) is 0.467. The van der Waals surface area contributed by atoms with E-state index in [-0.39, 0.29) is 18.1 Å². The van der Waals surface area contributed by atoms with E-state index in [4.69, 9.17) is 9.47 Å². The topological polar surface area (TPSA) is 111 Å². The maximum Gasteiger partial charge on any atom is 0.410 e. The number of aromatic nitrogens is 4. The summed E-state index contributed by atoms with van der Waals surface area (Å²) < 4.78 is 10.6. The molecule has 10 heteroatoms. The number of piperidine rings is 1. The van der Waals surface area contributed by atoms with E-state index in [2.05, 4.69) is 49.1 Å². The lowest BCUT2D eigenvalue weighted by Gasteiger charge is -2.35. The van der Waals surface area contributed by atoms with Crippen LogP contribution in [0, 0.1) is 5.92 Å². The van der Waals surface area contributed by atoms with Crippen LogP contribution in [0.3, 0.4) is 0 Å². The number of benzene rings is 1. The van der Waals surface area contributed by atoms with Crippen LogP contribution in [0.4, 0.5) is 10.7 Å². The van der Waals surface area contributed by atoms with Crippen molar-refractivity contribution >= 4 is 18.0 Å². The average Bonchev–Trinajstić information content (AvgIpc) is 3.76. The molecule has 2 fully saturated rings. The second kappa shape index (κ2) is 11.6. The second-order valence-corrected chi connectivity index (χ2v) is 11.5. The van der Waals surface area contributed by atoms with Gasteiger partial charge in [0.1, 0.15) is 11.9 Å². The largest absolute Gasteiger partial charge is 0.465 e. The molecule has 1 amide bonds. The van der Waals surface area contributed by atoms with Gasteiger partial charge in [-0.1, -0.05) is 24.3 Å². The number of amides is 1. The summed E-state index contributed by atoms with van der Waals surface area (Å²) in [7, 11) is 1.34. The predicted octanol–water partition coefficient (Wildman–Crippen LogP) is 4.73. The Morgan fingerprint density at radius 3 is 2.23 bits per heavy atom. The van der Waals surface area contributed by atoms with Gasteiger partial charge < -0.3 is 19.3 Å². The van der Waals surface area contributed by atoms with Crippen molar-refractivity contribution in [2.45, 2.75) is 57.6 Å². The Bertz CT molecular complexity index is 1300. The molecule has 1 aliphatic carbocycles. The van der Waals surface area contributed by atoms with Crippen LogP contribution in [0.25, 0.3) is 11.1 Å². The molecule has 2 atom stereocenters. The molecule has 10 nitrogen and oxygen atoms in total. The van der Waals surface area contributed by atoms with E-state index in [0.717, 1.165) is 43.5 Å².